The molecule has 1 fully saturated rings. The second-order valence-electron chi connectivity index (χ2n) is 6.82. The van der Waals surface area contributed by atoms with Gasteiger partial charge in [0.25, 0.3) is 10.2 Å². The van der Waals surface area contributed by atoms with Crippen molar-refractivity contribution in [3.63, 3.8) is 0 Å². The molecule has 0 aliphatic carbocycles. The summed E-state index contributed by atoms with van der Waals surface area (Å²) in [5.41, 5.74) is 2.26. The summed E-state index contributed by atoms with van der Waals surface area (Å²) in [6.07, 6.45) is 1.38. The third-order valence-electron chi connectivity index (χ3n) is 4.76. The van der Waals surface area contributed by atoms with E-state index in [0.717, 1.165) is 16.9 Å². The number of carbonyl (C=O) groups excluding carboxylic acids is 1. The first-order chi connectivity index (χ1) is 12.2. The summed E-state index contributed by atoms with van der Waals surface area (Å²) in [4.78, 5) is 12.4. The lowest BCUT2D eigenvalue weighted by atomic mass is 9.99. The van der Waals surface area contributed by atoms with Crippen LogP contribution in [-0.4, -0.2) is 63.3 Å². The fourth-order valence-electron chi connectivity index (χ4n) is 2.96. The first-order valence-corrected chi connectivity index (χ1v) is 10.3. The molecule has 0 unspecified atom stereocenters. The fourth-order valence-corrected chi connectivity index (χ4v) is 4.15. The summed E-state index contributed by atoms with van der Waals surface area (Å²) in [6, 6.07) is 5.88. The molecule has 1 aromatic rings. The zero-order valence-electron chi connectivity index (χ0n) is 16.0. The van der Waals surface area contributed by atoms with Gasteiger partial charge in [-0.1, -0.05) is 12.1 Å². The van der Waals surface area contributed by atoms with Crippen molar-refractivity contribution in [1.29, 1.82) is 0 Å². The number of nitrogens with one attached hydrogen (secondary N) is 1. The van der Waals surface area contributed by atoms with E-state index in [4.69, 9.17) is 4.74 Å². The topological polar surface area (TPSA) is 79.0 Å². The van der Waals surface area contributed by atoms with Gasteiger partial charge in [0.2, 0.25) is 5.91 Å². The van der Waals surface area contributed by atoms with Crippen molar-refractivity contribution in [3.8, 4) is 5.75 Å². The maximum absolute atomic E-state index is 12.4. The van der Waals surface area contributed by atoms with Crippen LogP contribution in [0.15, 0.2) is 18.2 Å². The lowest BCUT2D eigenvalue weighted by Gasteiger charge is -2.32. The Morgan fingerprint density at radius 1 is 1.35 bits per heavy atom. The number of hydrogen-bond acceptors (Lipinski definition) is 4. The highest BCUT2D eigenvalue weighted by molar-refractivity contribution is 7.86. The summed E-state index contributed by atoms with van der Waals surface area (Å²) in [5.74, 6) is 0.382. The van der Waals surface area contributed by atoms with Gasteiger partial charge in [0.05, 0.1) is 12.5 Å². The second kappa shape index (κ2) is 8.83. The molecule has 1 amide bonds. The predicted octanol–water partition coefficient (Wildman–Crippen LogP) is 1.32. The molecule has 1 aliphatic heterocycles. The van der Waals surface area contributed by atoms with Crippen molar-refractivity contribution in [2.45, 2.75) is 26.7 Å². The first-order valence-electron chi connectivity index (χ1n) is 8.88. The zero-order valence-corrected chi connectivity index (χ0v) is 16.8. The number of benzene rings is 1. The highest BCUT2D eigenvalue weighted by Crippen LogP contribution is 2.21. The van der Waals surface area contributed by atoms with E-state index in [0.29, 0.717) is 32.5 Å². The average Bonchev–Trinajstić information content (AvgIpc) is 2.61. The average molecular weight is 384 g/mol. The normalized spacial score (nSPS) is 18.7. The van der Waals surface area contributed by atoms with E-state index in [1.165, 1.54) is 22.7 Å². The van der Waals surface area contributed by atoms with Crippen LogP contribution in [0.2, 0.25) is 0 Å². The SMILES string of the molecule is Cc1cccc(OCCNC(=O)[C@H]2CCCN(S(=O)(=O)N(C)C)C2)c1C. The van der Waals surface area contributed by atoms with E-state index in [1.807, 2.05) is 32.0 Å². The van der Waals surface area contributed by atoms with Crippen molar-refractivity contribution in [3.05, 3.63) is 29.3 Å². The van der Waals surface area contributed by atoms with Gasteiger partial charge >= 0.3 is 0 Å². The van der Waals surface area contributed by atoms with Crippen LogP contribution in [-0.2, 0) is 15.0 Å². The minimum atomic E-state index is -3.47. The number of aryl methyl sites for hydroxylation is 1. The fraction of sp³-hybridized carbons (Fsp3) is 0.611. The summed E-state index contributed by atoms with van der Waals surface area (Å²) in [6.45, 7) is 5.49. The number of nitrogens with zero attached hydrogens (tertiary/aromatic N) is 2. The van der Waals surface area contributed by atoms with Gasteiger partial charge in [0, 0.05) is 27.2 Å². The Bertz CT molecular complexity index is 734. The molecule has 0 saturated carbocycles. The van der Waals surface area contributed by atoms with E-state index in [1.54, 1.807) is 0 Å². The molecule has 1 saturated heterocycles. The largest absolute Gasteiger partial charge is 0.491 e. The first kappa shape index (κ1) is 20.7. The standard InChI is InChI=1S/C18H29N3O4S/c1-14-7-5-9-17(15(14)2)25-12-10-19-18(22)16-8-6-11-21(13-16)26(23,24)20(3)4/h5,7,9,16H,6,8,10-13H2,1-4H3,(H,19,22)/t16-/m0/s1. The van der Waals surface area contributed by atoms with Gasteiger partial charge in [-0.3, -0.25) is 4.79 Å². The second-order valence-corrected chi connectivity index (χ2v) is 8.97. The molecule has 0 aromatic heterocycles. The van der Waals surface area contributed by atoms with Crippen LogP contribution in [0.1, 0.15) is 24.0 Å². The smallest absolute Gasteiger partial charge is 0.281 e. The van der Waals surface area contributed by atoms with Crippen LogP contribution >= 0.6 is 0 Å². The Labute approximate surface area is 156 Å². The minimum Gasteiger partial charge on any atom is -0.491 e. The molecule has 1 aliphatic rings. The number of piperidine rings is 1. The lowest BCUT2D eigenvalue weighted by molar-refractivity contribution is -0.126. The summed E-state index contributed by atoms with van der Waals surface area (Å²) in [7, 11) is -0.467. The Morgan fingerprint density at radius 2 is 2.08 bits per heavy atom. The number of rotatable bonds is 7. The maximum Gasteiger partial charge on any atom is 0.281 e. The predicted molar refractivity (Wildman–Crippen MR) is 101 cm³/mol. The van der Waals surface area contributed by atoms with E-state index in [2.05, 4.69) is 5.32 Å². The molecule has 1 atom stereocenters. The van der Waals surface area contributed by atoms with Crippen LogP contribution in [0.5, 0.6) is 5.75 Å². The Morgan fingerprint density at radius 3 is 2.77 bits per heavy atom. The highest BCUT2D eigenvalue weighted by Gasteiger charge is 2.33. The molecule has 2 rings (SSSR count). The Kier molecular flexibility index (Phi) is 7.02. The van der Waals surface area contributed by atoms with Gasteiger partial charge < -0.3 is 10.1 Å². The van der Waals surface area contributed by atoms with Gasteiger partial charge in [-0.15, -0.1) is 0 Å². The van der Waals surface area contributed by atoms with Crippen LogP contribution in [0.4, 0.5) is 0 Å². The summed E-state index contributed by atoms with van der Waals surface area (Å²) in [5, 5.41) is 2.86. The maximum atomic E-state index is 12.4. The number of hydrogen-bond donors (Lipinski definition) is 1. The van der Waals surface area contributed by atoms with Crippen LogP contribution in [0.25, 0.3) is 0 Å². The molecular weight excluding hydrogens is 354 g/mol. The molecule has 1 aromatic carbocycles. The van der Waals surface area contributed by atoms with Crippen LogP contribution < -0.4 is 10.1 Å². The third kappa shape index (κ3) is 4.96. The van der Waals surface area contributed by atoms with Gasteiger partial charge in [-0.05, 0) is 43.9 Å². The van der Waals surface area contributed by atoms with Gasteiger partial charge in [0.15, 0.2) is 0 Å². The van der Waals surface area contributed by atoms with Gasteiger partial charge in [-0.2, -0.15) is 17.0 Å². The molecule has 7 nitrogen and oxygen atoms in total. The van der Waals surface area contributed by atoms with E-state index in [9.17, 15) is 13.2 Å². The third-order valence-corrected chi connectivity index (χ3v) is 6.66. The number of carbonyl (C=O) groups is 1. The molecule has 0 spiro atoms. The minimum absolute atomic E-state index is 0.117. The van der Waals surface area contributed by atoms with E-state index < -0.39 is 10.2 Å². The van der Waals surface area contributed by atoms with Crippen molar-refractivity contribution in [2.24, 2.45) is 5.92 Å². The Hall–Kier alpha value is -1.64. The highest BCUT2D eigenvalue weighted by atomic mass is 32.2. The monoisotopic (exact) mass is 383 g/mol. The van der Waals surface area contributed by atoms with Crippen molar-refractivity contribution in [1.82, 2.24) is 13.9 Å². The molecule has 0 radical (unpaired) electrons. The zero-order chi connectivity index (χ0) is 19.3. The molecule has 1 N–H and O–H groups in total. The lowest BCUT2D eigenvalue weighted by Crippen LogP contribution is -2.49. The molecule has 0 bridgehead atoms. The van der Waals surface area contributed by atoms with Crippen molar-refractivity contribution < 1.29 is 17.9 Å². The Balaban J connectivity index is 1.81. The van der Waals surface area contributed by atoms with Crippen LogP contribution in [0, 0.1) is 19.8 Å². The molecule has 26 heavy (non-hydrogen) atoms. The summed E-state index contributed by atoms with van der Waals surface area (Å²) < 4.78 is 32.8. The van der Waals surface area contributed by atoms with Crippen molar-refractivity contribution in [2.75, 3.05) is 40.3 Å². The summed E-state index contributed by atoms with van der Waals surface area (Å²) >= 11 is 0. The van der Waals surface area contributed by atoms with Crippen molar-refractivity contribution >= 4 is 16.1 Å². The molecule has 146 valence electrons. The quantitative estimate of drug-likeness (QED) is 0.720. The molecular formula is C18H29N3O4S. The number of amides is 1. The number of ether oxygens (including phenoxy) is 1. The van der Waals surface area contributed by atoms with Gasteiger partial charge in [0.1, 0.15) is 12.4 Å². The van der Waals surface area contributed by atoms with E-state index in [-0.39, 0.29) is 18.4 Å². The molecule has 8 heteroatoms. The van der Waals surface area contributed by atoms with Crippen LogP contribution in [0.3, 0.4) is 0 Å². The van der Waals surface area contributed by atoms with Gasteiger partial charge in [-0.25, -0.2) is 0 Å². The van der Waals surface area contributed by atoms with E-state index >= 15 is 0 Å². The molecule has 1 heterocycles.